The third kappa shape index (κ3) is 7.53. The number of carbonyl (C=O) groups excluding carboxylic acids is 2. The van der Waals surface area contributed by atoms with Gasteiger partial charge in [0.1, 0.15) is 11.9 Å². The van der Waals surface area contributed by atoms with E-state index >= 15 is 0 Å². The maximum Gasteiger partial charge on any atom is 0.320 e. The van der Waals surface area contributed by atoms with Gasteiger partial charge in [-0.05, 0) is 61.4 Å². The van der Waals surface area contributed by atoms with Crippen molar-refractivity contribution in [3.63, 3.8) is 0 Å². The lowest BCUT2D eigenvalue weighted by Gasteiger charge is -2.28. The van der Waals surface area contributed by atoms with Crippen LogP contribution >= 0.6 is 0 Å². The van der Waals surface area contributed by atoms with Gasteiger partial charge in [0.05, 0.1) is 6.26 Å². The molecule has 1 saturated carbocycles. The molecule has 12 heteroatoms. The summed E-state index contributed by atoms with van der Waals surface area (Å²) < 4.78 is 38.3. The van der Waals surface area contributed by atoms with E-state index in [-0.39, 0.29) is 29.7 Å². The second-order valence-corrected chi connectivity index (χ2v) is 10.3. The van der Waals surface area contributed by atoms with Crippen LogP contribution in [0.2, 0.25) is 0 Å². The van der Waals surface area contributed by atoms with Gasteiger partial charge in [-0.25, -0.2) is 0 Å². The smallest absolute Gasteiger partial charge is 0.320 e. The number of amides is 1. The second-order valence-electron chi connectivity index (χ2n) is 8.75. The van der Waals surface area contributed by atoms with E-state index in [1.807, 2.05) is 24.3 Å². The molecule has 0 unspecified atom stereocenters. The fourth-order valence-corrected chi connectivity index (χ4v) is 4.55. The van der Waals surface area contributed by atoms with Crippen LogP contribution in [0.5, 0.6) is 5.75 Å². The highest BCUT2D eigenvalue weighted by Crippen LogP contribution is 2.34. The van der Waals surface area contributed by atoms with Gasteiger partial charge in [0, 0.05) is 23.9 Å². The number of hydrogen-bond donors (Lipinski definition) is 2. The molecule has 1 amide bonds. The summed E-state index contributed by atoms with van der Waals surface area (Å²) in [6.07, 6.45) is 4.91. The monoisotopic (exact) mass is 528 g/mol. The molecule has 11 nitrogen and oxygen atoms in total. The summed E-state index contributed by atoms with van der Waals surface area (Å²) in [5, 5.41) is 13.1. The highest BCUT2D eigenvalue weighted by molar-refractivity contribution is 7.86. The van der Waals surface area contributed by atoms with Crippen LogP contribution in [0.3, 0.4) is 0 Å². The molecule has 2 N–H and O–H groups in total. The molecule has 1 fully saturated rings. The Morgan fingerprint density at radius 3 is 2.43 bits per heavy atom. The quantitative estimate of drug-likeness (QED) is 0.302. The average molecular weight is 529 g/mol. The van der Waals surface area contributed by atoms with Crippen molar-refractivity contribution in [1.82, 2.24) is 10.2 Å². The Morgan fingerprint density at radius 1 is 1.03 bits per heavy atom. The van der Waals surface area contributed by atoms with E-state index in [9.17, 15) is 18.0 Å². The predicted octanol–water partition coefficient (Wildman–Crippen LogP) is 4.38. The van der Waals surface area contributed by atoms with Gasteiger partial charge in [0.2, 0.25) is 0 Å². The molecule has 4 rings (SSSR count). The standard InChI is InChI=1S/C25H28N4O7S/c1-3-22(30)34-20-13-9-17(10-14-20)16-7-11-18(12-8-16)26-23(31)24-28-29-25(35-24)27-19-5-4-6-21(15-19)36-37(2,32)33/h4-8,11-12,15,17,20H,3,9-10,13-14H2,1-2H3,(H,26,31)(H,27,29). The summed E-state index contributed by atoms with van der Waals surface area (Å²) in [5.41, 5.74) is 2.19. The van der Waals surface area contributed by atoms with Crippen LogP contribution in [-0.4, -0.2) is 42.9 Å². The molecule has 196 valence electrons. The first-order valence-electron chi connectivity index (χ1n) is 11.9. The van der Waals surface area contributed by atoms with Crippen LogP contribution < -0.4 is 14.8 Å². The Bertz CT molecular complexity index is 1350. The lowest BCUT2D eigenvalue weighted by atomic mass is 9.82. The number of hydrogen-bond acceptors (Lipinski definition) is 10. The number of rotatable bonds is 9. The molecule has 0 saturated heterocycles. The maximum atomic E-state index is 12.6. The summed E-state index contributed by atoms with van der Waals surface area (Å²) in [6, 6.07) is 13.7. The van der Waals surface area contributed by atoms with Crippen LogP contribution in [0.1, 0.15) is 61.2 Å². The fraction of sp³-hybridized carbons (Fsp3) is 0.360. The minimum atomic E-state index is -3.67. The summed E-state index contributed by atoms with van der Waals surface area (Å²) >= 11 is 0. The molecule has 0 atom stereocenters. The van der Waals surface area contributed by atoms with Crippen molar-refractivity contribution in [1.29, 1.82) is 0 Å². The van der Waals surface area contributed by atoms with Crippen LogP contribution in [0, 0.1) is 0 Å². The Balaban J connectivity index is 1.30. The van der Waals surface area contributed by atoms with E-state index in [0.29, 0.717) is 23.7 Å². The molecule has 0 aliphatic heterocycles. The maximum absolute atomic E-state index is 12.6. The first-order valence-corrected chi connectivity index (χ1v) is 13.7. The number of carbonyl (C=O) groups is 2. The zero-order valence-corrected chi connectivity index (χ0v) is 21.3. The third-order valence-corrected chi connectivity index (χ3v) is 6.35. The van der Waals surface area contributed by atoms with Crippen molar-refractivity contribution in [3.05, 3.63) is 60.0 Å². The largest absolute Gasteiger partial charge is 0.462 e. The zero-order chi connectivity index (χ0) is 26.4. The lowest BCUT2D eigenvalue weighted by molar-refractivity contribution is -0.150. The molecule has 0 bridgehead atoms. The van der Waals surface area contributed by atoms with E-state index in [4.69, 9.17) is 13.3 Å². The first kappa shape index (κ1) is 26.1. The van der Waals surface area contributed by atoms with E-state index in [1.54, 1.807) is 19.1 Å². The van der Waals surface area contributed by atoms with Crippen molar-refractivity contribution in [2.45, 2.75) is 51.0 Å². The van der Waals surface area contributed by atoms with E-state index < -0.39 is 16.0 Å². The normalized spacial score (nSPS) is 17.6. The Kier molecular flexibility index (Phi) is 8.07. The number of anilines is 3. The predicted molar refractivity (Wildman–Crippen MR) is 135 cm³/mol. The van der Waals surface area contributed by atoms with Gasteiger partial charge in [0.25, 0.3) is 0 Å². The van der Waals surface area contributed by atoms with Gasteiger partial charge in [-0.15, -0.1) is 5.10 Å². The Morgan fingerprint density at radius 2 is 1.76 bits per heavy atom. The molecular weight excluding hydrogens is 500 g/mol. The zero-order valence-electron chi connectivity index (χ0n) is 20.5. The van der Waals surface area contributed by atoms with E-state index in [2.05, 4.69) is 20.8 Å². The van der Waals surface area contributed by atoms with Crippen LogP contribution in [0.4, 0.5) is 17.4 Å². The number of ether oxygens (including phenoxy) is 1. The molecule has 3 aromatic rings. The van der Waals surface area contributed by atoms with E-state index in [1.165, 1.54) is 17.7 Å². The second kappa shape index (κ2) is 11.4. The lowest BCUT2D eigenvalue weighted by Crippen LogP contribution is -2.23. The number of nitrogens with zero attached hydrogens (tertiary/aromatic N) is 2. The molecule has 37 heavy (non-hydrogen) atoms. The van der Waals surface area contributed by atoms with Crippen molar-refractivity contribution in [2.24, 2.45) is 0 Å². The molecule has 2 aromatic carbocycles. The van der Waals surface area contributed by atoms with Crippen molar-refractivity contribution in [3.8, 4) is 5.75 Å². The minimum absolute atomic E-state index is 0.000749. The van der Waals surface area contributed by atoms with Gasteiger partial charge in [-0.2, -0.15) is 8.42 Å². The third-order valence-electron chi connectivity index (χ3n) is 5.85. The molecule has 0 spiro atoms. The van der Waals surface area contributed by atoms with Crippen molar-refractivity contribution < 1.29 is 31.3 Å². The van der Waals surface area contributed by atoms with Crippen LogP contribution in [0.25, 0.3) is 0 Å². The highest BCUT2D eigenvalue weighted by atomic mass is 32.2. The summed E-state index contributed by atoms with van der Waals surface area (Å²) in [4.78, 5) is 24.1. The highest BCUT2D eigenvalue weighted by Gasteiger charge is 2.24. The van der Waals surface area contributed by atoms with Gasteiger partial charge < -0.3 is 24.0 Å². The summed E-state index contributed by atoms with van der Waals surface area (Å²) in [7, 11) is -3.67. The van der Waals surface area contributed by atoms with Gasteiger partial charge in [0.15, 0.2) is 0 Å². The van der Waals surface area contributed by atoms with Crippen molar-refractivity contribution in [2.75, 3.05) is 16.9 Å². The van der Waals surface area contributed by atoms with Gasteiger partial charge >= 0.3 is 33.9 Å². The Labute approximate surface area is 214 Å². The van der Waals surface area contributed by atoms with Crippen LogP contribution in [-0.2, 0) is 19.6 Å². The van der Waals surface area contributed by atoms with Gasteiger partial charge in [-0.1, -0.05) is 30.2 Å². The SMILES string of the molecule is CCC(=O)OC1CCC(c2ccc(NC(=O)c3nnc(Nc4cccc(OS(C)(=O)=O)c4)o3)cc2)CC1. The molecule has 1 aromatic heterocycles. The molecule has 1 heterocycles. The molecule has 0 radical (unpaired) electrons. The number of nitrogens with one attached hydrogen (secondary N) is 2. The van der Waals surface area contributed by atoms with Gasteiger partial charge in [-0.3, -0.25) is 9.59 Å². The molecular formula is C25H28N4O7S. The number of aromatic nitrogens is 2. The average Bonchev–Trinajstić information content (AvgIpc) is 3.33. The Hall–Kier alpha value is -3.93. The topological polar surface area (TPSA) is 150 Å². The number of esters is 1. The minimum Gasteiger partial charge on any atom is -0.462 e. The summed E-state index contributed by atoms with van der Waals surface area (Å²) in [5.74, 6) is -0.467. The summed E-state index contributed by atoms with van der Waals surface area (Å²) in [6.45, 7) is 1.80. The van der Waals surface area contributed by atoms with Crippen molar-refractivity contribution >= 4 is 39.4 Å². The van der Waals surface area contributed by atoms with Crippen LogP contribution in [0.15, 0.2) is 52.9 Å². The van der Waals surface area contributed by atoms with E-state index in [0.717, 1.165) is 31.9 Å². The first-order chi connectivity index (χ1) is 17.7. The molecule has 1 aliphatic rings. The molecule has 1 aliphatic carbocycles. The number of benzene rings is 2. The fourth-order valence-electron chi connectivity index (χ4n) is 4.10.